The molecule has 0 atom stereocenters. The van der Waals surface area contributed by atoms with E-state index in [1.807, 2.05) is 19.9 Å². The Labute approximate surface area is 186 Å². The first-order valence-corrected chi connectivity index (χ1v) is 12.0. The van der Waals surface area contributed by atoms with Gasteiger partial charge in [-0.1, -0.05) is 6.07 Å². The zero-order chi connectivity index (χ0) is 22.7. The third-order valence-corrected chi connectivity index (χ3v) is 6.94. The molecule has 0 unspecified atom stereocenters. The van der Waals surface area contributed by atoms with Crippen LogP contribution in [0.5, 0.6) is 5.75 Å². The van der Waals surface area contributed by atoms with E-state index in [1.54, 1.807) is 36.5 Å². The van der Waals surface area contributed by atoms with Crippen LogP contribution in [0.4, 0.5) is 5.69 Å². The largest absolute Gasteiger partial charge is 0.489 e. The molecule has 0 spiro atoms. The zero-order valence-corrected chi connectivity index (χ0v) is 18.9. The van der Waals surface area contributed by atoms with E-state index in [0.29, 0.717) is 56.5 Å². The van der Waals surface area contributed by atoms with Crippen LogP contribution >= 0.6 is 0 Å². The maximum Gasteiger partial charge on any atom is 0.350 e. The minimum atomic E-state index is -3.64. The first-order chi connectivity index (χ1) is 15.4. The first-order valence-electron chi connectivity index (χ1n) is 10.5. The zero-order valence-electron chi connectivity index (χ0n) is 18.1. The molecule has 4 rings (SSSR count). The van der Waals surface area contributed by atoms with Crippen molar-refractivity contribution in [1.29, 1.82) is 0 Å². The lowest BCUT2D eigenvalue weighted by Gasteiger charge is -2.26. The van der Waals surface area contributed by atoms with Gasteiger partial charge in [0, 0.05) is 25.8 Å². The lowest BCUT2D eigenvalue weighted by Crippen LogP contribution is -2.40. The highest BCUT2D eigenvalue weighted by atomic mass is 32.2. The second-order valence-electron chi connectivity index (χ2n) is 7.70. The highest BCUT2D eigenvalue weighted by Gasteiger charge is 2.27. The molecule has 0 amide bonds. The summed E-state index contributed by atoms with van der Waals surface area (Å²) >= 11 is 0. The van der Waals surface area contributed by atoms with E-state index in [4.69, 9.17) is 9.47 Å². The third kappa shape index (κ3) is 4.64. The van der Waals surface area contributed by atoms with E-state index < -0.39 is 10.0 Å². The van der Waals surface area contributed by atoms with Crippen molar-refractivity contribution in [3.8, 4) is 5.75 Å². The van der Waals surface area contributed by atoms with Crippen LogP contribution in [0.2, 0.25) is 0 Å². The van der Waals surface area contributed by atoms with Gasteiger partial charge < -0.3 is 14.8 Å². The Balaban J connectivity index is 1.55. The van der Waals surface area contributed by atoms with Crippen molar-refractivity contribution in [1.82, 2.24) is 18.5 Å². The molecule has 0 radical (unpaired) electrons. The number of hydrogen-bond donors (Lipinski definition) is 1. The first kappa shape index (κ1) is 22.3. The Hall–Kier alpha value is -2.89. The molecule has 1 fully saturated rings. The van der Waals surface area contributed by atoms with Gasteiger partial charge in [0.15, 0.2) is 5.65 Å². The highest BCUT2D eigenvalue weighted by Crippen LogP contribution is 2.30. The number of benzene rings is 1. The van der Waals surface area contributed by atoms with Gasteiger partial charge in [0.2, 0.25) is 10.0 Å². The number of hydrogen-bond acceptors (Lipinski definition) is 7. The van der Waals surface area contributed by atoms with Crippen molar-refractivity contribution < 1.29 is 17.9 Å². The predicted octanol–water partition coefficient (Wildman–Crippen LogP) is 1.42. The number of pyridine rings is 1. The Bertz CT molecular complexity index is 1240. The number of morpholine rings is 1. The summed E-state index contributed by atoms with van der Waals surface area (Å²) in [5.74, 6) is 0.545. The summed E-state index contributed by atoms with van der Waals surface area (Å²) < 4.78 is 41.5. The van der Waals surface area contributed by atoms with E-state index in [2.05, 4.69) is 10.4 Å². The van der Waals surface area contributed by atoms with E-state index in [9.17, 15) is 13.2 Å². The van der Waals surface area contributed by atoms with Crippen LogP contribution < -0.4 is 15.7 Å². The fourth-order valence-electron chi connectivity index (χ4n) is 3.51. The minimum absolute atomic E-state index is 0.0849. The molecule has 0 aliphatic carbocycles. The molecule has 172 valence electrons. The van der Waals surface area contributed by atoms with E-state index >= 15 is 0 Å². The molecule has 1 N–H and O–H groups in total. The maximum atomic E-state index is 13.1. The smallest absolute Gasteiger partial charge is 0.350 e. The molecular formula is C21H27N5O5S. The van der Waals surface area contributed by atoms with Crippen molar-refractivity contribution >= 4 is 21.4 Å². The van der Waals surface area contributed by atoms with Crippen LogP contribution in [0.3, 0.4) is 0 Å². The molecule has 3 aromatic rings. The maximum absolute atomic E-state index is 13.1. The Morgan fingerprint density at radius 3 is 2.69 bits per heavy atom. The highest BCUT2D eigenvalue weighted by molar-refractivity contribution is 7.89. The average molecular weight is 462 g/mol. The van der Waals surface area contributed by atoms with Gasteiger partial charge in [-0.25, -0.2) is 17.9 Å². The van der Waals surface area contributed by atoms with Crippen LogP contribution in [-0.4, -0.2) is 65.9 Å². The molecule has 1 aliphatic heterocycles. The molecule has 3 heterocycles. The monoisotopic (exact) mass is 461 g/mol. The second-order valence-corrected chi connectivity index (χ2v) is 9.64. The number of rotatable bonds is 8. The number of nitrogens with one attached hydrogen (secondary N) is 1. The van der Waals surface area contributed by atoms with Crippen molar-refractivity contribution in [2.45, 2.75) is 31.4 Å². The SMILES string of the molecule is CC(C)Oc1ccc(S(=O)(=O)N2CCOCC2)cc1NCCn1nc2ccccn2c1=O. The molecule has 1 aromatic carbocycles. The van der Waals surface area contributed by atoms with Crippen LogP contribution in [-0.2, 0) is 21.3 Å². The minimum Gasteiger partial charge on any atom is -0.489 e. The normalized spacial score (nSPS) is 15.3. The Morgan fingerprint density at radius 1 is 1.19 bits per heavy atom. The molecule has 11 heteroatoms. The second kappa shape index (κ2) is 9.31. The summed E-state index contributed by atoms with van der Waals surface area (Å²) in [4.78, 5) is 12.6. The molecule has 0 saturated carbocycles. The number of aromatic nitrogens is 3. The summed E-state index contributed by atoms with van der Waals surface area (Å²) in [5, 5.41) is 7.53. The van der Waals surface area contributed by atoms with Gasteiger partial charge in [-0.15, -0.1) is 5.10 Å². The van der Waals surface area contributed by atoms with E-state index in [-0.39, 0.29) is 16.7 Å². The van der Waals surface area contributed by atoms with E-state index in [1.165, 1.54) is 13.4 Å². The van der Waals surface area contributed by atoms with Crippen molar-refractivity contribution in [2.75, 3.05) is 38.2 Å². The van der Waals surface area contributed by atoms with Crippen molar-refractivity contribution in [3.05, 3.63) is 53.1 Å². The molecular weight excluding hydrogens is 434 g/mol. The average Bonchev–Trinajstić information content (AvgIpc) is 3.10. The molecule has 2 aromatic heterocycles. The lowest BCUT2D eigenvalue weighted by atomic mass is 10.3. The van der Waals surface area contributed by atoms with Gasteiger partial charge >= 0.3 is 5.69 Å². The van der Waals surface area contributed by atoms with Gasteiger partial charge in [0.05, 0.1) is 36.4 Å². The number of nitrogens with zero attached hydrogens (tertiary/aromatic N) is 4. The van der Waals surface area contributed by atoms with Gasteiger partial charge in [0.25, 0.3) is 0 Å². The number of ether oxygens (including phenoxy) is 2. The summed E-state index contributed by atoms with van der Waals surface area (Å²) in [6.45, 7) is 5.88. The van der Waals surface area contributed by atoms with Crippen molar-refractivity contribution in [3.63, 3.8) is 0 Å². The third-order valence-electron chi connectivity index (χ3n) is 5.05. The molecule has 10 nitrogen and oxygen atoms in total. The van der Waals surface area contributed by atoms with Gasteiger partial charge in [-0.05, 0) is 44.2 Å². The van der Waals surface area contributed by atoms with Crippen molar-refractivity contribution in [2.24, 2.45) is 0 Å². The Morgan fingerprint density at radius 2 is 1.97 bits per heavy atom. The predicted molar refractivity (Wildman–Crippen MR) is 120 cm³/mol. The molecule has 1 saturated heterocycles. The Kier molecular flexibility index (Phi) is 6.49. The molecule has 1 aliphatic rings. The standard InChI is InChI=1S/C21H27N5O5S/c1-16(2)31-19-7-6-17(32(28,29)24-11-13-30-14-12-24)15-18(19)22-8-10-26-21(27)25-9-4-3-5-20(25)23-26/h3-7,9,15-16,22H,8,10-14H2,1-2H3. The lowest BCUT2D eigenvalue weighted by molar-refractivity contribution is 0.0730. The van der Waals surface area contributed by atoms with Crippen LogP contribution in [0, 0.1) is 0 Å². The summed E-state index contributed by atoms with van der Waals surface area (Å²) in [7, 11) is -3.64. The van der Waals surface area contributed by atoms with Crippen LogP contribution in [0.25, 0.3) is 5.65 Å². The fourth-order valence-corrected chi connectivity index (χ4v) is 4.95. The fraction of sp³-hybridized carbons (Fsp3) is 0.429. The van der Waals surface area contributed by atoms with Gasteiger partial charge in [0.1, 0.15) is 5.75 Å². The number of fused-ring (bicyclic) bond motifs is 1. The number of sulfonamides is 1. The molecule has 0 bridgehead atoms. The van der Waals surface area contributed by atoms with Gasteiger partial charge in [-0.2, -0.15) is 4.31 Å². The van der Waals surface area contributed by atoms with Crippen LogP contribution in [0.1, 0.15) is 13.8 Å². The summed E-state index contributed by atoms with van der Waals surface area (Å²) in [6.07, 6.45) is 1.58. The quantitative estimate of drug-likeness (QED) is 0.541. The molecule has 32 heavy (non-hydrogen) atoms. The summed E-state index contributed by atoms with van der Waals surface area (Å²) in [6, 6.07) is 10.1. The van der Waals surface area contributed by atoms with Crippen LogP contribution in [0.15, 0.2) is 52.3 Å². The van der Waals surface area contributed by atoms with E-state index in [0.717, 1.165) is 0 Å². The summed E-state index contributed by atoms with van der Waals surface area (Å²) in [5.41, 5.74) is 0.884. The number of anilines is 1. The van der Waals surface area contributed by atoms with Gasteiger partial charge in [-0.3, -0.25) is 4.40 Å². The topological polar surface area (TPSA) is 107 Å².